The van der Waals surface area contributed by atoms with Crippen molar-refractivity contribution in [2.45, 2.75) is 64.3 Å². The lowest BCUT2D eigenvalue weighted by atomic mass is 9.85. The molecule has 10 heteroatoms. The minimum absolute atomic E-state index is 0.153. The van der Waals surface area contributed by atoms with E-state index in [4.69, 9.17) is 16.6 Å². The number of aryl methyl sites for hydroxylation is 2. The van der Waals surface area contributed by atoms with Crippen molar-refractivity contribution in [3.63, 3.8) is 0 Å². The van der Waals surface area contributed by atoms with E-state index in [1.807, 2.05) is 18.0 Å². The molecule has 1 atom stereocenters. The first-order chi connectivity index (χ1) is 17.8. The molecule has 2 amide bonds. The summed E-state index contributed by atoms with van der Waals surface area (Å²) in [7, 11) is 0. The van der Waals surface area contributed by atoms with E-state index in [2.05, 4.69) is 45.7 Å². The number of halogens is 1. The molecule has 2 N–H and O–H groups in total. The maximum atomic E-state index is 11.9. The van der Waals surface area contributed by atoms with Gasteiger partial charge in [-0.3, -0.25) is 9.59 Å². The van der Waals surface area contributed by atoms with Crippen LogP contribution in [0.25, 0.3) is 10.4 Å². The van der Waals surface area contributed by atoms with Crippen molar-refractivity contribution in [3.05, 3.63) is 51.9 Å². The van der Waals surface area contributed by atoms with E-state index >= 15 is 0 Å². The van der Waals surface area contributed by atoms with E-state index in [1.54, 1.807) is 17.5 Å². The Balaban J connectivity index is 0.000000301. The molecular formula is C27H31ClN6O2S. The van der Waals surface area contributed by atoms with Crippen molar-refractivity contribution in [1.82, 2.24) is 25.2 Å². The van der Waals surface area contributed by atoms with Crippen LogP contribution in [0.2, 0.25) is 5.02 Å². The summed E-state index contributed by atoms with van der Waals surface area (Å²) >= 11 is 7.71. The Morgan fingerprint density at radius 1 is 1.08 bits per heavy atom. The van der Waals surface area contributed by atoms with Crippen LogP contribution in [-0.2, 0) is 15.1 Å². The minimum atomic E-state index is -0.153. The number of thiazole rings is 1. The Morgan fingerprint density at radius 2 is 1.95 bits per heavy atom. The molecular weight excluding hydrogens is 508 g/mol. The first-order valence-corrected chi connectivity index (χ1v) is 14.0. The van der Waals surface area contributed by atoms with E-state index in [-0.39, 0.29) is 17.4 Å². The van der Waals surface area contributed by atoms with Gasteiger partial charge in [-0.15, -0.1) is 11.3 Å². The Bertz CT molecular complexity index is 1320. The molecule has 8 nitrogen and oxygen atoms in total. The average molecular weight is 539 g/mol. The molecule has 3 aromatic rings. The molecule has 0 radical (unpaired) electrons. The highest BCUT2D eigenvalue weighted by Crippen LogP contribution is 2.51. The molecule has 5 heterocycles. The van der Waals surface area contributed by atoms with Crippen molar-refractivity contribution < 1.29 is 9.59 Å². The Kier molecular flexibility index (Phi) is 7.44. The number of anilines is 2. The number of hydrogen-bond donors (Lipinski definition) is 2. The molecule has 3 aliphatic heterocycles. The van der Waals surface area contributed by atoms with Crippen LogP contribution in [-0.4, -0.2) is 44.8 Å². The summed E-state index contributed by atoms with van der Waals surface area (Å²) in [5.41, 5.74) is 3.72. The Morgan fingerprint density at radius 3 is 2.76 bits per heavy atom. The molecule has 2 aromatic heterocycles. The van der Waals surface area contributed by atoms with Crippen molar-refractivity contribution in [2.75, 3.05) is 18.4 Å². The molecule has 1 aromatic carbocycles. The lowest BCUT2D eigenvalue weighted by molar-refractivity contribution is -0.153. The quantitative estimate of drug-likeness (QED) is 0.425. The minimum Gasteiger partial charge on any atom is -0.356 e. The fourth-order valence-electron chi connectivity index (χ4n) is 5.14. The third kappa shape index (κ3) is 5.48. The predicted octanol–water partition coefficient (Wildman–Crippen LogP) is 5.51. The maximum Gasteiger partial charge on any atom is 0.227 e. The Labute approximate surface area is 225 Å². The summed E-state index contributed by atoms with van der Waals surface area (Å²) < 4.78 is 0. The van der Waals surface area contributed by atoms with E-state index in [0.717, 1.165) is 77.6 Å². The molecule has 3 aliphatic rings. The lowest BCUT2D eigenvalue weighted by Crippen LogP contribution is -2.57. The number of aromatic nitrogens is 3. The van der Waals surface area contributed by atoms with Gasteiger partial charge in [-0.2, -0.15) is 0 Å². The van der Waals surface area contributed by atoms with Crippen molar-refractivity contribution in [2.24, 2.45) is 0 Å². The van der Waals surface area contributed by atoms with Gasteiger partial charge in [0.2, 0.25) is 17.8 Å². The highest BCUT2D eigenvalue weighted by atomic mass is 35.5. The van der Waals surface area contributed by atoms with Gasteiger partial charge in [-0.05, 0) is 62.8 Å². The van der Waals surface area contributed by atoms with Gasteiger partial charge < -0.3 is 15.5 Å². The highest BCUT2D eigenvalue weighted by Gasteiger charge is 2.56. The fourth-order valence-corrected chi connectivity index (χ4v) is 6.36. The van der Waals surface area contributed by atoms with Gasteiger partial charge in [0.15, 0.2) is 0 Å². The zero-order chi connectivity index (χ0) is 26.0. The van der Waals surface area contributed by atoms with E-state index in [1.165, 1.54) is 6.42 Å². The smallest absolute Gasteiger partial charge is 0.227 e. The number of nitrogens with zero attached hydrogens (tertiary/aromatic N) is 4. The number of rotatable bonds is 4. The van der Waals surface area contributed by atoms with Crippen LogP contribution in [0.1, 0.15) is 61.2 Å². The maximum absolute atomic E-state index is 11.9. The number of hydrogen-bond acceptors (Lipinski definition) is 7. The molecule has 1 unspecified atom stereocenters. The van der Waals surface area contributed by atoms with E-state index < -0.39 is 0 Å². The third-order valence-corrected chi connectivity index (χ3v) is 8.69. The second-order valence-corrected chi connectivity index (χ2v) is 11.3. The summed E-state index contributed by atoms with van der Waals surface area (Å²) in [5, 5.41) is 7.67. The molecule has 0 aliphatic carbocycles. The number of carbonyl (C=O) groups is 2. The van der Waals surface area contributed by atoms with Gasteiger partial charge in [0.05, 0.1) is 28.2 Å². The summed E-state index contributed by atoms with van der Waals surface area (Å²) in [5.74, 6) is 0.990. The second kappa shape index (κ2) is 10.8. The largest absolute Gasteiger partial charge is 0.356 e. The summed E-state index contributed by atoms with van der Waals surface area (Å²) in [6.45, 7) is 5.66. The van der Waals surface area contributed by atoms with Gasteiger partial charge in [-0.25, -0.2) is 15.0 Å². The van der Waals surface area contributed by atoms with Crippen LogP contribution in [0.5, 0.6) is 0 Å². The zero-order valence-electron chi connectivity index (χ0n) is 21.1. The van der Waals surface area contributed by atoms with Gasteiger partial charge in [0.25, 0.3) is 0 Å². The summed E-state index contributed by atoms with van der Waals surface area (Å²) in [6.07, 6.45) is 10.4. The normalized spacial score (nSPS) is 20.8. The van der Waals surface area contributed by atoms with Crippen molar-refractivity contribution in [1.29, 1.82) is 0 Å². The van der Waals surface area contributed by atoms with Crippen LogP contribution in [0.4, 0.5) is 11.6 Å². The zero-order valence-corrected chi connectivity index (χ0v) is 22.7. The molecule has 37 heavy (non-hydrogen) atoms. The van der Waals surface area contributed by atoms with Crippen LogP contribution in [0, 0.1) is 13.8 Å². The van der Waals surface area contributed by atoms with Gasteiger partial charge in [-0.1, -0.05) is 24.1 Å². The van der Waals surface area contributed by atoms with Gasteiger partial charge in [0.1, 0.15) is 10.5 Å². The fraction of sp³-hybridized carbons (Fsp3) is 0.444. The topological polar surface area (TPSA) is 100 Å². The number of β-lactam (4-membered cyclic amide) rings is 1. The molecule has 194 valence electrons. The molecule has 0 bridgehead atoms. The number of fused-ring (bicyclic) bond motifs is 1. The van der Waals surface area contributed by atoms with Gasteiger partial charge in [0, 0.05) is 31.4 Å². The Hall–Kier alpha value is -3.04. The van der Waals surface area contributed by atoms with Crippen LogP contribution in [0.15, 0.2) is 30.6 Å². The number of carbonyl (C=O) groups excluding carboxylic acids is 2. The van der Waals surface area contributed by atoms with E-state index in [0.29, 0.717) is 17.4 Å². The van der Waals surface area contributed by atoms with Crippen LogP contribution in [0.3, 0.4) is 0 Å². The number of amides is 2. The predicted molar refractivity (Wildman–Crippen MR) is 146 cm³/mol. The van der Waals surface area contributed by atoms with Crippen LogP contribution < -0.4 is 10.6 Å². The molecule has 6 rings (SSSR count). The SMILES string of the molecule is Cc1cc(Nc2ncc(Cl)c(C)n2)cc(-c2cnc(C34CCCN3C(=O)C4)s2)c1.O=C1CCCCCN1. The molecule has 3 fully saturated rings. The van der Waals surface area contributed by atoms with Gasteiger partial charge >= 0.3 is 0 Å². The highest BCUT2D eigenvalue weighted by molar-refractivity contribution is 7.15. The third-order valence-electron chi connectivity index (χ3n) is 7.08. The number of benzene rings is 1. The van der Waals surface area contributed by atoms with Crippen LogP contribution >= 0.6 is 22.9 Å². The van der Waals surface area contributed by atoms with Crippen molar-refractivity contribution in [3.8, 4) is 10.4 Å². The van der Waals surface area contributed by atoms with Crippen molar-refractivity contribution >= 4 is 46.4 Å². The molecule has 3 saturated heterocycles. The first kappa shape index (κ1) is 25.6. The summed E-state index contributed by atoms with van der Waals surface area (Å²) in [6, 6.07) is 6.28. The lowest BCUT2D eigenvalue weighted by Gasteiger charge is -2.45. The molecule has 0 saturated carbocycles. The standard InChI is InChI=1S/C21H20ClN5OS.C6H11NO/c1-12-6-14(8-15(7-12)26-20-24-10-16(22)13(2)25-20)17-11-23-19(29-17)21-4-3-5-27(21)18(28)9-21;8-6-4-2-1-3-5-7-6/h6-8,10-11H,3-5,9H2,1-2H3,(H,24,25,26);1-5H2,(H,7,8). The average Bonchev–Trinajstić information content (AvgIpc) is 3.41. The number of nitrogens with one attached hydrogen (secondary N) is 2. The first-order valence-electron chi connectivity index (χ1n) is 12.8. The molecule has 0 spiro atoms. The van der Waals surface area contributed by atoms with E-state index in [9.17, 15) is 9.59 Å². The monoisotopic (exact) mass is 538 g/mol. The second-order valence-electron chi connectivity index (χ2n) is 9.89. The summed E-state index contributed by atoms with van der Waals surface area (Å²) in [4.78, 5) is 39.0.